The summed E-state index contributed by atoms with van der Waals surface area (Å²) in [7, 11) is -0.969. The van der Waals surface area contributed by atoms with E-state index in [0.717, 1.165) is 0 Å². The molecule has 0 radical (unpaired) electrons. The normalized spacial score (nSPS) is 12.7. The molecule has 24 heavy (non-hydrogen) atoms. The van der Waals surface area contributed by atoms with E-state index in [1.165, 1.54) is 26.4 Å². The standard InChI is InChI=1S/C16H17Cl2NO4S/c1-10(11-4-6-13(17)14(18)8-11)19-24(20,21)16-9-12(22-2)5-7-15(16)23-3/h4-10,19H,1-3H3. The summed E-state index contributed by atoms with van der Waals surface area (Å²) in [6.45, 7) is 1.71. The lowest BCUT2D eigenvalue weighted by Gasteiger charge is -2.17. The van der Waals surface area contributed by atoms with Gasteiger partial charge in [-0.05, 0) is 36.8 Å². The highest BCUT2D eigenvalue weighted by molar-refractivity contribution is 7.89. The maximum Gasteiger partial charge on any atom is 0.244 e. The molecule has 5 nitrogen and oxygen atoms in total. The third-order valence-corrected chi connectivity index (χ3v) is 5.74. The number of nitrogens with one attached hydrogen (secondary N) is 1. The van der Waals surface area contributed by atoms with Gasteiger partial charge in [0.2, 0.25) is 10.0 Å². The van der Waals surface area contributed by atoms with Crippen molar-refractivity contribution in [3.63, 3.8) is 0 Å². The van der Waals surface area contributed by atoms with Crippen LogP contribution in [0.1, 0.15) is 18.5 Å². The van der Waals surface area contributed by atoms with Crippen LogP contribution < -0.4 is 14.2 Å². The fourth-order valence-corrected chi connectivity index (χ4v) is 3.86. The first kappa shape index (κ1) is 18.9. The average Bonchev–Trinajstić information content (AvgIpc) is 2.56. The van der Waals surface area contributed by atoms with Gasteiger partial charge in [0.05, 0.1) is 24.3 Å². The zero-order chi connectivity index (χ0) is 17.9. The Morgan fingerprint density at radius 1 is 1.00 bits per heavy atom. The quantitative estimate of drug-likeness (QED) is 0.808. The summed E-state index contributed by atoms with van der Waals surface area (Å²) in [5.41, 5.74) is 0.690. The van der Waals surface area contributed by atoms with Gasteiger partial charge in [0.15, 0.2) is 0 Å². The van der Waals surface area contributed by atoms with E-state index < -0.39 is 16.1 Å². The van der Waals surface area contributed by atoms with Gasteiger partial charge in [-0.15, -0.1) is 0 Å². The van der Waals surface area contributed by atoms with Crippen LogP contribution in [-0.4, -0.2) is 22.6 Å². The zero-order valence-corrected chi connectivity index (χ0v) is 15.7. The van der Waals surface area contributed by atoms with Gasteiger partial charge in [-0.1, -0.05) is 29.3 Å². The van der Waals surface area contributed by atoms with E-state index in [4.69, 9.17) is 32.7 Å². The molecule has 2 aromatic carbocycles. The Hall–Kier alpha value is -1.47. The maximum absolute atomic E-state index is 12.7. The van der Waals surface area contributed by atoms with Crippen molar-refractivity contribution in [1.82, 2.24) is 4.72 Å². The van der Waals surface area contributed by atoms with Crippen molar-refractivity contribution in [2.24, 2.45) is 0 Å². The smallest absolute Gasteiger partial charge is 0.244 e. The maximum atomic E-state index is 12.7. The Kier molecular flexibility index (Phi) is 5.98. The van der Waals surface area contributed by atoms with Crippen LogP contribution in [0.15, 0.2) is 41.3 Å². The van der Waals surface area contributed by atoms with E-state index in [9.17, 15) is 8.42 Å². The molecule has 1 atom stereocenters. The number of rotatable bonds is 6. The van der Waals surface area contributed by atoms with Crippen LogP contribution in [0.3, 0.4) is 0 Å². The SMILES string of the molecule is COc1ccc(OC)c(S(=O)(=O)NC(C)c2ccc(Cl)c(Cl)c2)c1. The minimum Gasteiger partial charge on any atom is -0.497 e. The molecule has 0 fully saturated rings. The number of hydrogen-bond acceptors (Lipinski definition) is 4. The van der Waals surface area contributed by atoms with Crippen molar-refractivity contribution in [2.45, 2.75) is 17.9 Å². The minimum absolute atomic E-state index is 0.00346. The molecule has 130 valence electrons. The molecule has 1 unspecified atom stereocenters. The number of halogens is 2. The molecule has 0 bridgehead atoms. The zero-order valence-electron chi connectivity index (χ0n) is 13.3. The summed E-state index contributed by atoms with van der Waals surface area (Å²) in [6, 6.07) is 9.01. The van der Waals surface area contributed by atoms with Crippen molar-refractivity contribution >= 4 is 33.2 Å². The predicted octanol–water partition coefficient (Wildman–Crippen LogP) is 4.05. The summed E-state index contributed by atoms with van der Waals surface area (Å²) in [6.07, 6.45) is 0. The molecule has 2 rings (SSSR count). The van der Waals surface area contributed by atoms with Gasteiger partial charge >= 0.3 is 0 Å². The lowest BCUT2D eigenvalue weighted by atomic mass is 10.1. The van der Waals surface area contributed by atoms with E-state index in [-0.39, 0.29) is 10.6 Å². The van der Waals surface area contributed by atoms with Gasteiger partial charge in [-0.3, -0.25) is 0 Å². The third-order valence-electron chi connectivity index (χ3n) is 3.44. The molecule has 0 saturated carbocycles. The van der Waals surface area contributed by atoms with Crippen molar-refractivity contribution in [2.75, 3.05) is 14.2 Å². The highest BCUT2D eigenvalue weighted by Crippen LogP contribution is 2.30. The molecule has 2 aromatic rings. The molecule has 0 amide bonds. The molecule has 0 heterocycles. The molecular weight excluding hydrogens is 373 g/mol. The largest absolute Gasteiger partial charge is 0.497 e. The topological polar surface area (TPSA) is 64.6 Å². The molecule has 8 heteroatoms. The molecule has 0 aliphatic rings. The fraction of sp³-hybridized carbons (Fsp3) is 0.250. The number of benzene rings is 2. The lowest BCUT2D eigenvalue weighted by molar-refractivity contribution is 0.391. The van der Waals surface area contributed by atoms with Crippen LogP contribution in [0.25, 0.3) is 0 Å². The number of methoxy groups -OCH3 is 2. The second-order valence-corrected chi connectivity index (χ2v) is 7.53. The number of hydrogen-bond donors (Lipinski definition) is 1. The van der Waals surface area contributed by atoms with Gasteiger partial charge in [0, 0.05) is 12.1 Å². The molecule has 0 saturated heterocycles. The monoisotopic (exact) mass is 389 g/mol. The van der Waals surface area contributed by atoms with Gasteiger partial charge in [-0.2, -0.15) is 0 Å². The summed E-state index contributed by atoms with van der Waals surface area (Å²) >= 11 is 11.9. The molecule has 0 aliphatic heterocycles. The van der Waals surface area contributed by atoms with Gasteiger partial charge in [-0.25, -0.2) is 13.1 Å². The van der Waals surface area contributed by atoms with Gasteiger partial charge in [0.1, 0.15) is 16.4 Å². The second kappa shape index (κ2) is 7.61. The van der Waals surface area contributed by atoms with E-state index in [1.807, 2.05) is 0 Å². The minimum atomic E-state index is -3.84. The molecule has 0 aliphatic carbocycles. The van der Waals surface area contributed by atoms with Crippen molar-refractivity contribution in [1.29, 1.82) is 0 Å². The molecular formula is C16H17Cl2NO4S. The van der Waals surface area contributed by atoms with Crippen LogP contribution in [0.2, 0.25) is 10.0 Å². The van der Waals surface area contributed by atoms with Crippen LogP contribution >= 0.6 is 23.2 Å². The van der Waals surface area contributed by atoms with Crippen LogP contribution in [0.4, 0.5) is 0 Å². The Balaban J connectivity index is 2.35. The summed E-state index contributed by atoms with van der Waals surface area (Å²) in [4.78, 5) is -0.00346. The van der Waals surface area contributed by atoms with Crippen molar-refractivity contribution < 1.29 is 17.9 Å². The van der Waals surface area contributed by atoms with Crippen LogP contribution in [0, 0.1) is 0 Å². The third kappa shape index (κ3) is 4.13. The predicted molar refractivity (Wildman–Crippen MR) is 94.7 cm³/mol. The van der Waals surface area contributed by atoms with E-state index in [0.29, 0.717) is 21.4 Å². The molecule has 0 spiro atoms. The van der Waals surface area contributed by atoms with E-state index in [2.05, 4.69) is 4.72 Å². The molecule has 0 aromatic heterocycles. The molecule has 1 N–H and O–H groups in total. The van der Waals surface area contributed by atoms with Gasteiger partial charge in [0.25, 0.3) is 0 Å². The Morgan fingerprint density at radius 2 is 1.71 bits per heavy atom. The van der Waals surface area contributed by atoms with E-state index in [1.54, 1.807) is 31.2 Å². The summed E-state index contributed by atoms with van der Waals surface area (Å²) in [5.74, 6) is 0.642. The summed E-state index contributed by atoms with van der Waals surface area (Å²) < 4.78 is 38.2. The first-order valence-corrected chi connectivity index (χ1v) is 9.21. The van der Waals surface area contributed by atoms with Crippen molar-refractivity contribution in [3.8, 4) is 11.5 Å². The summed E-state index contributed by atoms with van der Waals surface area (Å²) in [5, 5.41) is 0.768. The van der Waals surface area contributed by atoms with Crippen LogP contribution in [0.5, 0.6) is 11.5 Å². The highest BCUT2D eigenvalue weighted by atomic mass is 35.5. The van der Waals surface area contributed by atoms with E-state index >= 15 is 0 Å². The number of sulfonamides is 1. The Bertz CT molecular complexity index is 840. The van der Waals surface area contributed by atoms with Crippen molar-refractivity contribution in [3.05, 3.63) is 52.0 Å². The highest BCUT2D eigenvalue weighted by Gasteiger charge is 2.23. The first-order chi connectivity index (χ1) is 11.3. The Labute approximate surface area is 151 Å². The fourth-order valence-electron chi connectivity index (χ4n) is 2.14. The van der Waals surface area contributed by atoms with Gasteiger partial charge < -0.3 is 9.47 Å². The van der Waals surface area contributed by atoms with Crippen LogP contribution in [-0.2, 0) is 10.0 Å². The lowest BCUT2D eigenvalue weighted by Crippen LogP contribution is -2.27. The Morgan fingerprint density at radius 3 is 2.29 bits per heavy atom. The number of ether oxygens (including phenoxy) is 2. The average molecular weight is 390 g/mol. The second-order valence-electron chi connectivity index (χ2n) is 5.03. The first-order valence-electron chi connectivity index (χ1n) is 6.98.